The molecule has 3 N–H and O–H groups in total. The maximum Gasteiger partial charge on any atom is 0.260 e. The van der Waals surface area contributed by atoms with Gasteiger partial charge in [-0.25, -0.2) is 4.39 Å². The van der Waals surface area contributed by atoms with Gasteiger partial charge in [-0.3, -0.25) is 9.59 Å². The normalized spacial score (nSPS) is 20.2. The van der Waals surface area contributed by atoms with Crippen LogP contribution in [0, 0.1) is 18.7 Å². The Hall–Kier alpha value is -2.67. The second-order valence-electron chi connectivity index (χ2n) is 6.61. The van der Waals surface area contributed by atoms with Gasteiger partial charge in [0.1, 0.15) is 5.56 Å². The van der Waals surface area contributed by atoms with Crippen molar-refractivity contribution < 1.29 is 19.0 Å². The highest BCUT2D eigenvalue weighted by Crippen LogP contribution is 2.39. The molecule has 6 nitrogen and oxygen atoms in total. The van der Waals surface area contributed by atoms with E-state index in [1.165, 1.54) is 25.3 Å². The smallest absolute Gasteiger partial charge is 0.260 e. The molecule has 0 unspecified atom stereocenters. The van der Waals surface area contributed by atoms with Crippen molar-refractivity contribution in [1.82, 2.24) is 10.3 Å². The van der Waals surface area contributed by atoms with Crippen molar-refractivity contribution in [3.05, 3.63) is 63.3 Å². The number of hydrogen-bond donors (Lipinski definition) is 3. The van der Waals surface area contributed by atoms with Gasteiger partial charge in [0.25, 0.3) is 11.5 Å². The van der Waals surface area contributed by atoms with Crippen LogP contribution in [-0.2, 0) is 0 Å². The van der Waals surface area contributed by atoms with Gasteiger partial charge in [0.05, 0.1) is 19.3 Å². The number of rotatable bonds is 5. The van der Waals surface area contributed by atoms with Crippen LogP contribution in [0.3, 0.4) is 0 Å². The van der Waals surface area contributed by atoms with E-state index in [4.69, 9.17) is 4.74 Å². The lowest BCUT2D eigenvalue weighted by molar-refractivity contribution is 0.0234. The molecule has 1 aliphatic rings. The Morgan fingerprint density at radius 2 is 2.08 bits per heavy atom. The van der Waals surface area contributed by atoms with E-state index in [9.17, 15) is 19.1 Å². The summed E-state index contributed by atoms with van der Waals surface area (Å²) in [6.07, 6.45) is 0.580. The number of aliphatic hydroxyl groups excluding tert-OH is 1. The summed E-state index contributed by atoms with van der Waals surface area (Å²) in [6.45, 7) is 1.72. The van der Waals surface area contributed by atoms with Gasteiger partial charge in [-0.2, -0.15) is 0 Å². The summed E-state index contributed by atoms with van der Waals surface area (Å²) in [7, 11) is 1.38. The van der Waals surface area contributed by atoms with Crippen LogP contribution < -0.4 is 15.6 Å². The molecule has 0 radical (unpaired) electrons. The maximum absolute atomic E-state index is 14.1. The van der Waals surface area contributed by atoms with E-state index in [1.807, 2.05) is 0 Å². The SMILES string of the molecule is COc1ccc([C@@H](NC(=O)c2ccc(C)[nH]c2=O)C2CC(O)C2)cc1F. The second kappa shape index (κ2) is 7.29. The average molecular weight is 360 g/mol. The van der Waals surface area contributed by atoms with Gasteiger partial charge in [0.2, 0.25) is 0 Å². The van der Waals surface area contributed by atoms with Crippen LogP contribution in [0.15, 0.2) is 35.1 Å². The lowest BCUT2D eigenvalue weighted by Crippen LogP contribution is -2.42. The summed E-state index contributed by atoms with van der Waals surface area (Å²) in [5, 5.41) is 12.4. The van der Waals surface area contributed by atoms with Crippen LogP contribution in [0.25, 0.3) is 0 Å². The number of halogens is 1. The van der Waals surface area contributed by atoms with Crippen LogP contribution in [0.2, 0.25) is 0 Å². The molecule has 0 bridgehead atoms. The minimum absolute atomic E-state index is 0.00513. The van der Waals surface area contributed by atoms with Gasteiger partial charge in [-0.15, -0.1) is 0 Å². The second-order valence-corrected chi connectivity index (χ2v) is 6.61. The summed E-state index contributed by atoms with van der Waals surface area (Å²) in [5.74, 6) is -0.986. The van der Waals surface area contributed by atoms with Gasteiger partial charge in [-0.1, -0.05) is 6.07 Å². The molecule has 26 heavy (non-hydrogen) atoms. The van der Waals surface area contributed by atoms with Crippen molar-refractivity contribution in [3.8, 4) is 5.75 Å². The Kier molecular flexibility index (Phi) is 5.08. The molecule has 0 aliphatic heterocycles. The number of nitrogens with one attached hydrogen (secondary N) is 2. The lowest BCUT2D eigenvalue weighted by Gasteiger charge is -2.38. The van der Waals surface area contributed by atoms with Gasteiger partial charge in [0, 0.05) is 5.69 Å². The summed E-state index contributed by atoms with van der Waals surface area (Å²) in [6, 6.07) is 7.09. The molecular formula is C19H21FN2O4. The van der Waals surface area contributed by atoms with Crippen molar-refractivity contribution in [2.45, 2.75) is 31.9 Å². The molecule has 0 saturated heterocycles. The van der Waals surface area contributed by atoms with Crippen molar-refractivity contribution >= 4 is 5.91 Å². The fourth-order valence-electron chi connectivity index (χ4n) is 3.22. The average Bonchev–Trinajstić information content (AvgIpc) is 2.57. The Bertz CT molecular complexity index is 874. The van der Waals surface area contributed by atoms with Crippen LogP contribution in [0.4, 0.5) is 4.39 Å². The number of benzene rings is 1. The number of amides is 1. The van der Waals surface area contributed by atoms with Crippen LogP contribution in [0.5, 0.6) is 5.75 Å². The number of ether oxygens (including phenoxy) is 1. The fourth-order valence-corrected chi connectivity index (χ4v) is 3.22. The van der Waals surface area contributed by atoms with E-state index in [-0.39, 0.29) is 17.2 Å². The monoisotopic (exact) mass is 360 g/mol. The molecule has 0 spiro atoms. The topological polar surface area (TPSA) is 91.4 Å². The molecule has 1 aliphatic carbocycles. The van der Waals surface area contributed by atoms with E-state index >= 15 is 0 Å². The summed E-state index contributed by atoms with van der Waals surface area (Å²) in [5.41, 5.74) is 0.741. The molecule has 2 aromatic rings. The molecule has 1 amide bonds. The first-order chi connectivity index (χ1) is 12.4. The number of pyridine rings is 1. The third-order valence-electron chi connectivity index (χ3n) is 4.74. The third-order valence-corrected chi connectivity index (χ3v) is 4.74. The molecule has 7 heteroatoms. The number of aromatic nitrogens is 1. The Balaban J connectivity index is 1.88. The minimum atomic E-state index is -0.533. The molecular weight excluding hydrogens is 339 g/mol. The zero-order valence-electron chi connectivity index (χ0n) is 14.6. The molecule has 1 aromatic carbocycles. The lowest BCUT2D eigenvalue weighted by atomic mass is 9.75. The van der Waals surface area contributed by atoms with Gasteiger partial charge in [-0.05, 0) is 55.5 Å². The number of carbonyl (C=O) groups excluding carboxylic acids is 1. The summed E-state index contributed by atoms with van der Waals surface area (Å²) >= 11 is 0. The Morgan fingerprint density at radius 3 is 2.65 bits per heavy atom. The van der Waals surface area contributed by atoms with Gasteiger partial charge in [0.15, 0.2) is 11.6 Å². The summed E-state index contributed by atoms with van der Waals surface area (Å²) < 4.78 is 19.0. The van der Waals surface area contributed by atoms with Crippen LogP contribution in [0.1, 0.15) is 40.5 Å². The number of hydrogen-bond acceptors (Lipinski definition) is 4. The van der Waals surface area contributed by atoms with E-state index < -0.39 is 29.4 Å². The quantitative estimate of drug-likeness (QED) is 0.761. The Morgan fingerprint density at radius 1 is 1.35 bits per heavy atom. The molecule has 1 atom stereocenters. The van der Waals surface area contributed by atoms with Crippen molar-refractivity contribution in [2.24, 2.45) is 5.92 Å². The zero-order chi connectivity index (χ0) is 18.8. The minimum Gasteiger partial charge on any atom is -0.494 e. The number of aryl methyl sites for hydroxylation is 1. The van der Waals surface area contributed by atoms with Gasteiger partial charge >= 0.3 is 0 Å². The standard InChI is InChI=1S/C19H21FN2O4/c1-10-3-5-14(18(24)21-10)19(25)22-17(12-7-13(23)8-12)11-4-6-16(26-2)15(20)9-11/h3-6,9,12-13,17,23H,7-8H2,1-2H3,(H,21,24)(H,22,25)/t12?,13?,17-/m1/s1. The van der Waals surface area contributed by atoms with Crippen molar-refractivity contribution in [2.75, 3.05) is 7.11 Å². The highest BCUT2D eigenvalue weighted by molar-refractivity contribution is 5.94. The van der Waals surface area contributed by atoms with Crippen LogP contribution in [-0.4, -0.2) is 29.2 Å². The zero-order valence-corrected chi connectivity index (χ0v) is 14.6. The largest absolute Gasteiger partial charge is 0.494 e. The first kappa shape index (κ1) is 18.1. The van der Waals surface area contributed by atoms with Crippen molar-refractivity contribution in [1.29, 1.82) is 0 Å². The predicted octanol–water partition coefficient (Wildman–Crippen LogP) is 2.07. The third kappa shape index (κ3) is 3.62. The van der Waals surface area contributed by atoms with Crippen LogP contribution >= 0.6 is 0 Å². The molecule has 3 rings (SSSR count). The molecule has 1 fully saturated rings. The van der Waals surface area contributed by atoms with E-state index in [1.54, 1.807) is 19.1 Å². The number of aliphatic hydroxyl groups is 1. The predicted molar refractivity (Wildman–Crippen MR) is 93.7 cm³/mol. The first-order valence-electron chi connectivity index (χ1n) is 8.41. The molecule has 1 aromatic heterocycles. The van der Waals surface area contributed by atoms with Crippen molar-refractivity contribution in [3.63, 3.8) is 0 Å². The Labute approximate surface area is 150 Å². The van der Waals surface area contributed by atoms with E-state index in [2.05, 4.69) is 10.3 Å². The first-order valence-corrected chi connectivity index (χ1v) is 8.41. The van der Waals surface area contributed by atoms with E-state index in [0.29, 0.717) is 24.1 Å². The molecule has 138 valence electrons. The highest BCUT2D eigenvalue weighted by atomic mass is 19.1. The highest BCUT2D eigenvalue weighted by Gasteiger charge is 2.36. The van der Waals surface area contributed by atoms with Gasteiger partial charge < -0.3 is 20.1 Å². The molecule has 1 saturated carbocycles. The fraction of sp³-hybridized carbons (Fsp3) is 0.368. The number of H-pyrrole nitrogens is 1. The maximum atomic E-state index is 14.1. The number of methoxy groups -OCH3 is 1. The number of aromatic amines is 1. The van der Waals surface area contributed by atoms with E-state index in [0.717, 1.165) is 0 Å². The number of carbonyl (C=O) groups is 1. The molecule has 1 heterocycles. The summed E-state index contributed by atoms with van der Waals surface area (Å²) in [4.78, 5) is 27.2.